The minimum Gasteiger partial charge on any atom is -0.480 e. The van der Waals surface area contributed by atoms with E-state index in [0.29, 0.717) is 0 Å². The van der Waals surface area contributed by atoms with E-state index < -0.39 is 29.2 Å². The Morgan fingerprint density at radius 1 is 1.12 bits per heavy atom. The number of carboxylic acid groups (broad SMARTS) is 1. The zero-order valence-electron chi connectivity index (χ0n) is 11.7. The summed E-state index contributed by atoms with van der Waals surface area (Å²) in [6.07, 6.45) is -0.611. The lowest BCUT2D eigenvalue weighted by Gasteiger charge is -2.39. The molecule has 0 aromatic rings. The number of hydrogen-bond acceptors (Lipinski definition) is 3. The fourth-order valence-corrected chi connectivity index (χ4v) is 1.43. The molecular formula is C12H23NO4. The monoisotopic (exact) mass is 245 g/mol. The van der Waals surface area contributed by atoms with Gasteiger partial charge >= 0.3 is 12.1 Å². The number of carboxylic acids is 1. The molecular weight excluding hydrogens is 222 g/mol. The van der Waals surface area contributed by atoms with Gasteiger partial charge in [-0.25, -0.2) is 9.59 Å². The molecule has 1 unspecified atom stereocenters. The van der Waals surface area contributed by atoms with E-state index in [-0.39, 0.29) is 0 Å². The lowest BCUT2D eigenvalue weighted by atomic mass is 10.0. The molecule has 0 saturated heterocycles. The normalized spacial score (nSPS) is 14.1. The first-order valence-corrected chi connectivity index (χ1v) is 5.61. The molecule has 0 aliphatic carbocycles. The quantitative estimate of drug-likeness (QED) is 0.811. The molecule has 0 aliphatic rings. The largest absolute Gasteiger partial charge is 0.480 e. The SMILES string of the molecule is CC(C(=O)O)N(C(=O)OC(C)(C)C)C(C)(C)C. The van der Waals surface area contributed by atoms with Crippen LogP contribution in [0.25, 0.3) is 0 Å². The minimum absolute atomic E-state index is 0.611. The van der Waals surface area contributed by atoms with Crippen LogP contribution in [0, 0.1) is 0 Å². The molecule has 1 atom stereocenters. The van der Waals surface area contributed by atoms with Crippen molar-refractivity contribution in [2.75, 3.05) is 0 Å². The molecule has 0 bridgehead atoms. The average molecular weight is 245 g/mol. The van der Waals surface area contributed by atoms with Gasteiger partial charge in [0.25, 0.3) is 0 Å². The van der Waals surface area contributed by atoms with Gasteiger partial charge in [0.05, 0.1) is 0 Å². The van der Waals surface area contributed by atoms with Crippen molar-refractivity contribution in [2.24, 2.45) is 0 Å². The van der Waals surface area contributed by atoms with E-state index in [1.54, 1.807) is 41.5 Å². The molecule has 5 heteroatoms. The molecule has 0 rings (SSSR count). The van der Waals surface area contributed by atoms with Crippen LogP contribution in [-0.4, -0.2) is 39.3 Å². The van der Waals surface area contributed by atoms with Gasteiger partial charge < -0.3 is 9.84 Å². The Morgan fingerprint density at radius 2 is 1.53 bits per heavy atom. The smallest absolute Gasteiger partial charge is 0.411 e. The van der Waals surface area contributed by atoms with Crippen molar-refractivity contribution in [3.8, 4) is 0 Å². The van der Waals surface area contributed by atoms with Gasteiger partial charge in [0.15, 0.2) is 0 Å². The third-order valence-electron chi connectivity index (χ3n) is 2.06. The van der Waals surface area contributed by atoms with E-state index in [1.807, 2.05) is 0 Å². The van der Waals surface area contributed by atoms with E-state index in [9.17, 15) is 9.59 Å². The fraction of sp³-hybridized carbons (Fsp3) is 0.833. The maximum atomic E-state index is 12.0. The van der Waals surface area contributed by atoms with Crippen molar-refractivity contribution in [2.45, 2.75) is 65.6 Å². The predicted molar refractivity (Wildman–Crippen MR) is 64.9 cm³/mol. The fourth-order valence-electron chi connectivity index (χ4n) is 1.43. The molecule has 1 N–H and O–H groups in total. The van der Waals surface area contributed by atoms with Crippen molar-refractivity contribution in [3.63, 3.8) is 0 Å². The van der Waals surface area contributed by atoms with Gasteiger partial charge in [0.1, 0.15) is 11.6 Å². The van der Waals surface area contributed by atoms with Crippen LogP contribution in [0.15, 0.2) is 0 Å². The highest BCUT2D eigenvalue weighted by atomic mass is 16.6. The lowest BCUT2D eigenvalue weighted by Crippen LogP contribution is -2.54. The summed E-state index contributed by atoms with van der Waals surface area (Å²) in [5, 5.41) is 9.01. The summed E-state index contributed by atoms with van der Waals surface area (Å²) in [5.41, 5.74) is -1.25. The highest BCUT2D eigenvalue weighted by molar-refractivity contribution is 5.80. The maximum Gasteiger partial charge on any atom is 0.411 e. The molecule has 100 valence electrons. The summed E-state index contributed by atoms with van der Waals surface area (Å²) >= 11 is 0. The van der Waals surface area contributed by atoms with Gasteiger partial charge in [0.2, 0.25) is 0 Å². The molecule has 0 aliphatic heterocycles. The van der Waals surface area contributed by atoms with Crippen LogP contribution >= 0.6 is 0 Å². The Bertz CT molecular complexity index is 299. The summed E-state index contributed by atoms with van der Waals surface area (Å²) in [6, 6.07) is -0.926. The zero-order valence-corrected chi connectivity index (χ0v) is 11.7. The number of carbonyl (C=O) groups is 2. The van der Waals surface area contributed by atoms with E-state index >= 15 is 0 Å². The molecule has 17 heavy (non-hydrogen) atoms. The number of nitrogens with zero attached hydrogens (tertiary/aromatic N) is 1. The second kappa shape index (κ2) is 4.94. The topological polar surface area (TPSA) is 66.8 Å². The van der Waals surface area contributed by atoms with Gasteiger partial charge in [-0.05, 0) is 48.5 Å². The summed E-state index contributed by atoms with van der Waals surface area (Å²) < 4.78 is 5.22. The summed E-state index contributed by atoms with van der Waals surface area (Å²) in [5.74, 6) is -1.05. The second-order valence-corrected chi connectivity index (χ2v) is 6.04. The van der Waals surface area contributed by atoms with Crippen LogP contribution in [0.3, 0.4) is 0 Å². The Balaban J connectivity index is 5.09. The van der Waals surface area contributed by atoms with Crippen LogP contribution in [0.2, 0.25) is 0 Å². The van der Waals surface area contributed by atoms with E-state index in [4.69, 9.17) is 9.84 Å². The second-order valence-electron chi connectivity index (χ2n) is 6.04. The van der Waals surface area contributed by atoms with E-state index in [1.165, 1.54) is 11.8 Å². The van der Waals surface area contributed by atoms with Gasteiger partial charge in [-0.3, -0.25) is 4.90 Å². The van der Waals surface area contributed by atoms with Crippen LogP contribution in [-0.2, 0) is 9.53 Å². The molecule has 1 amide bonds. The number of ether oxygens (including phenoxy) is 1. The Hall–Kier alpha value is -1.26. The first-order chi connectivity index (χ1) is 7.36. The van der Waals surface area contributed by atoms with Crippen LogP contribution < -0.4 is 0 Å². The summed E-state index contributed by atoms with van der Waals surface area (Å²) in [6.45, 7) is 12.0. The molecule has 0 radical (unpaired) electrons. The summed E-state index contributed by atoms with van der Waals surface area (Å²) in [4.78, 5) is 24.2. The maximum absolute atomic E-state index is 12.0. The van der Waals surface area contributed by atoms with Gasteiger partial charge in [0, 0.05) is 5.54 Å². The van der Waals surface area contributed by atoms with Gasteiger partial charge in [-0.15, -0.1) is 0 Å². The van der Waals surface area contributed by atoms with Crippen LogP contribution in [0.1, 0.15) is 48.5 Å². The molecule has 5 nitrogen and oxygen atoms in total. The third kappa shape index (κ3) is 5.06. The number of carbonyl (C=O) groups excluding carboxylic acids is 1. The van der Waals surface area contributed by atoms with E-state index in [0.717, 1.165) is 0 Å². The standard InChI is InChI=1S/C12H23NO4/c1-8(9(14)15)13(11(2,3)4)10(16)17-12(5,6)7/h8H,1-7H3,(H,14,15). The molecule has 0 fully saturated rings. The molecule has 0 saturated carbocycles. The molecule has 0 spiro atoms. The Kier molecular flexibility index (Phi) is 4.57. The van der Waals surface area contributed by atoms with Crippen LogP contribution in [0.4, 0.5) is 4.79 Å². The van der Waals surface area contributed by atoms with Crippen molar-refractivity contribution >= 4 is 12.1 Å². The first-order valence-electron chi connectivity index (χ1n) is 5.61. The highest BCUT2D eigenvalue weighted by Gasteiger charge is 2.37. The predicted octanol–water partition coefficient (Wildman–Crippen LogP) is 2.50. The van der Waals surface area contributed by atoms with Crippen molar-refractivity contribution in [1.29, 1.82) is 0 Å². The average Bonchev–Trinajstić information content (AvgIpc) is 1.96. The number of hydrogen-bond donors (Lipinski definition) is 1. The van der Waals surface area contributed by atoms with E-state index in [2.05, 4.69) is 0 Å². The first kappa shape index (κ1) is 15.7. The Labute approximate surface area is 103 Å². The minimum atomic E-state index is -1.05. The van der Waals surface area contributed by atoms with Crippen LogP contribution in [0.5, 0.6) is 0 Å². The number of amides is 1. The third-order valence-corrected chi connectivity index (χ3v) is 2.06. The summed E-state index contributed by atoms with van der Waals surface area (Å²) in [7, 11) is 0. The van der Waals surface area contributed by atoms with Crippen molar-refractivity contribution < 1.29 is 19.4 Å². The van der Waals surface area contributed by atoms with Gasteiger partial charge in [-0.1, -0.05) is 0 Å². The number of rotatable bonds is 2. The zero-order chi connectivity index (χ0) is 14.0. The van der Waals surface area contributed by atoms with Crippen molar-refractivity contribution in [1.82, 2.24) is 4.90 Å². The molecule has 0 aromatic heterocycles. The highest BCUT2D eigenvalue weighted by Crippen LogP contribution is 2.21. The van der Waals surface area contributed by atoms with Crippen molar-refractivity contribution in [3.05, 3.63) is 0 Å². The Morgan fingerprint density at radius 3 is 1.76 bits per heavy atom. The van der Waals surface area contributed by atoms with Gasteiger partial charge in [-0.2, -0.15) is 0 Å². The number of aliphatic carboxylic acids is 1. The molecule has 0 heterocycles. The lowest BCUT2D eigenvalue weighted by molar-refractivity contribution is -0.144. The molecule has 0 aromatic carbocycles.